The molecule has 154 valence electrons. The highest BCUT2D eigenvalue weighted by Crippen LogP contribution is 2.30. The molecule has 6 heteroatoms. The van der Waals surface area contributed by atoms with Crippen LogP contribution in [0, 0.1) is 0 Å². The summed E-state index contributed by atoms with van der Waals surface area (Å²) in [5.41, 5.74) is 4.29. The molecule has 2 aromatic heterocycles. The van der Waals surface area contributed by atoms with Crippen LogP contribution >= 0.6 is 11.6 Å². The van der Waals surface area contributed by atoms with E-state index in [-0.39, 0.29) is 0 Å². The van der Waals surface area contributed by atoms with Crippen LogP contribution in [0.15, 0.2) is 59.3 Å². The summed E-state index contributed by atoms with van der Waals surface area (Å²) in [6.45, 7) is 4.99. The van der Waals surface area contributed by atoms with E-state index in [1.807, 2.05) is 42.8 Å². The van der Waals surface area contributed by atoms with Gasteiger partial charge in [0.15, 0.2) is 0 Å². The van der Waals surface area contributed by atoms with E-state index >= 15 is 0 Å². The molecule has 1 aliphatic heterocycles. The Kier molecular flexibility index (Phi) is 5.23. The molecule has 5 rings (SSSR count). The summed E-state index contributed by atoms with van der Waals surface area (Å²) < 4.78 is 11.0. The van der Waals surface area contributed by atoms with Crippen molar-refractivity contribution in [2.24, 2.45) is 0 Å². The Hall–Kier alpha value is -2.76. The Morgan fingerprint density at radius 3 is 2.80 bits per heavy atom. The molecule has 0 atom stereocenters. The molecule has 0 N–H and O–H groups in total. The number of benzene rings is 2. The second kappa shape index (κ2) is 8.17. The third-order valence-corrected chi connectivity index (χ3v) is 6.14. The van der Waals surface area contributed by atoms with Crippen LogP contribution in [-0.2, 0) is 6.42 Å². The van der Waals surface area contributed by atoms with E-state index in [9.17, 15) is 0 Å². The van der Waals surface area contributed by atoms with Gasteiger partial charge in [-0.3, -0.25) is 9.88 Å². The summed E-state index contributed by atoms with van der Waals surface area (Å²) in [4.78, 5) is 9.51. The second-order valence-electron chi connectivity index (χ2n) is 7.70. The van der Waals surface area contributed by atoms with E-state index in [1.165, 1.54) is 10.9 Å². The van der Waals surface area contributed by atoms with E-state index in [0.717, 1.165) is 72.1 Å². The Balaban J connectivity index is 1.24. The maximum Gasteiger partial charge on any atom is 0.137 e. The van der Waals surface area contributed by atoms with Crippen LogP contribution in [-0.4, -0.2) is 49.7 Å². The molecule has 1 aliphatic rings. The minimum atomic E-state index is 0.761. The van der Waals surface area contributed by atoms with Gasteiger partial charge < -0.3 is 14.1 Å². The van der Waals surface area contributed by atoms with Gasteiger partial charge in [0.1, 0.15) is 11.3 Å². The van der Waals surface area contributed by atoms with Gasteiger partial charge in [0.2, 0.25) is 0 Å². The van der Waals surface area contributed by atoms with Crippen LogP contribution < -0.4 is 9.64 Å². The molecule has 0 bridgehead atoms. The lowest BCUT2D eigenvalue weighted by molar-refractivity contribution is 0.261. The number of rotatable bonds is 5. The average molecular weight is 422 g/mol. The van der Waals surface area contributed by atoms with Crippen LogP contribution in [0.1, 0.15) is 5.56 Å². The normalized spacial score (nSPS) is 15.2. The summed E-state index contributed by atoms with van der Waals surface area (Å²) in [6.07, 6.45) is 4.70. The first kappa shape index (κ1) is 19.2. The summed E-state index contributed by atoms with van der Waals surface area (Å²) in [5, 5.41) is 3.02. The van der Waals surface area contributed by atoms with Crippen molar-refractivity contribution in [1.29, 1.82) is 0 Å². The molecule has 0 radical (unpaired) electrons. The van der Waals surface area contributed by atoms with Gasteiger partial charge in [-0.25, -0.2) is 0 Å². The highest BCUT2D eigenvalue weighted by molar-refractivity contribution is 6.31. The molecular formula is C24H24ClN3O2. The van der Waals surface area contributed by atoms with Crippen molar-refractivity contribution in [1.82, 2.24) is 9.88 Å². The number of ether oxygens (including phenoxy) is 1. The molecule has 0 amide bonds. The number of furan rings is 1. The standard InChI is InChI=1S/C24H24ClN3O2/c1-29-20-4-5-21-18(16-30-23(21)15-20)6-8-27-9-11-28(12-10-27)22-14-19(25)13-17-3-2-7-26-24(17)22/h2-5,7,13-16H,6,8-12H2,1H3. The lowest BCUT2D eigenvalue weighted by Crippen LogP contribution is -2.47. The lowest BCUT2D eigenvalue weighted by atomic mass is 10.1. The Morgan fingerprint density at radius 2 is 1.97 bits per heavy atom. The van der Waals surface area contributed by atoms with Gasteiger partial charge in [-0.15, -0.1) is 0 Å². The van der Waals surface area contributed by atoms with E-state index < -0.39 is 0 Å². The summed E-state index contributed by atoms with van der Waals surface area (Å²) >= 11 is 6.36. The number of hydrogen-bond acceptors (Lipinski definition) is 5. The number of nitrogens with zero attached hydrogens (tertiary/aromatic N) is 3. The largest absolute Gasteiger partial charge is 0.497 e. The highest BCUT2D eigenvalue weighted by atomic mass is 35.5. The number of piperazine rings is 1. The summed E-state index contributed by atoms with van der Waals surface area (Å²) in [7, 11) is 1.67. The molecule has 2 aromatic carbocycles. The van der Waals surface area contributed by atoms with Gasteiger partial charge in [0.25, 0.3) is 0 Å². The molecule has 30 heavy (non-hydrogen) atoms. The van der Waals surface area contributed by atoms with Crippen molar-refractivity contribution >= 4 is 39.2 Å². The zero-order chi connectivity index (χ0) is 20.5. The number of fused-ring (bicyclic) bond motifs is 2. The van der Waals surface area contributed by atoms with Crippen LogP contribution in [0.3, 0.4) is 0 Å². The Labute approximate surface area is 180 Å². The van der Waals surface area contributed by atoms with Crippen LogP contribution in [0.25, 0.3) is 21.9 Å². The maximum atomic E-state index is 6.36. The van der Waals surface area contributed by atoms with E-state index in [2.05, 4.69) is 26.9 Å². The maximum absolute atomic E-state index is 6.36. The van der Waals surface area contributed by atoms with Crippen molar-refractivity contribution in [3.63, 3.8) is 0 Å². The number of pyridine rings is 1. The summed E-state index contributed by atoms with van der Waals surface area (Å²) in [5.74, 6) is 0.822. The Morgan fingerprint density at radius 1 is 1.10 bits per heavy atom. The van der Waals surface area contributed by atoms with Gasteiger partial charge in [0, 0.05) is 60.8 Å². The third kappa shape index (κ3) is 3.71. The number of hydrogen-bond donors (Lipinski definition) is 0. The monoisotopic (exact) mass is 421 g/mol. The molecule has 1 fully saturated rings. The van der Waals surface area contributed by atoms with E-state index in [0.29, 0.717) is 0 Å². The van der Waals surface area contributed by atoms with E-state index in [1.54, 1.807) is 7.11 Å². The highest BCUT2D eigenvalue weighted by Gasteiger charge is 2.20. The van der Waals surface area contributed by atoms with Crippen LogP contribution in [0.4, 0.5) is 5.69 Å². The fourth-order valence-corrected chi connectivity index (χ4v) is 4.47. The molecular weight excluding hydrogens is 398 g/mol. The lowest BCUT2D eigenvalue weighted by Gasteiger charge is -2.36. The van der Waals surface area contributed by atoms with Crippen molar-refractivity contribution in [3.05, 3.63) is 65.5 Å². The SMILES string of the molecule is COc1ccc2c(CCN3CCN(c4cc(Cl)cc5cccnc45)CC3)coc2c1. The third-order valence-electron chi connectivity index (χ3n) is 5.92. The second-order valence-corrected chi connectivity index (χ2v) is 8.14. The van der Waals surface area contributed by atoms with Crippen LogP contribution in [0.5, 0.6) is 5.75 Å². The fraction of sp³-hybridized carbons (Fsp3) is 0.292. The van der Waals surface area contributed by atoms with Crippen molar-refractivity contribution in [2.75, 3.05) is 44.7 Å². The zero-order valence-electron chi connectivity index (χ0n) is 17.0. The van der Waals surface area contributed by atoms with Crippen molar-refractivity contribution in [3.8, 4) is 5.75 Å². The number of methoxy groups -OCH3 is 1. The summed E-state index contributed by atoms with van der Waals surface area (Å²) in [6, 6.07) is 14.1. The first-order valence-electron chi connectivity index (χ1n) is 10.3. The minimum absolute atomic E-state index is 0.761. The predicted molar refractivity (Wildman–Crippen MR) is 122 cm³/mol. The van der Waals surface area contributed by atoms with Crippen molar-refractivity contribution in [2.45, 2.75) is 6.42 Å². The van der Waals surface area contributed by atoms with Gasteiger partial charge in [-0.1, -0.05) is 17.7 Å². The number of halogens is 1. The van der Waals surface area contributed by atoms with E-state index in [4.69, 9.17) is 20.8 Å². The van der Waals surface area contributed by atoms with Gasteiger partial charge in [-0.05, 0) is 42.3 Å². The Bertz CT molecular complexity index is 1180. The number of aromatic nitrogens is 1. The van der Waals surface area contributed by atoms with Crippen LogP contribution in [0.2, 0.25) is 5.02 Å². The molecule has 0 saturated carbocycles. The molecule has 0 aliphatic carbocycles. The topological polar surface area (TPSA) is 41.7 Å². The smallest absolute Gasteiger partial charge is 0.137 e. The van der Waals surface area contributed by atoms with Crippen molar-refractivity contribution < 1.29 is 9.15 Å². The van der Waals surface area contributed by atoms with Gasteiger partial charge in [-0.2, -0.15) is 0 Å². The molecule has 5 nitrogen and oxygen atoms in total. The first-order chi connectivity index (χ1) is 14.7. The zero-order valence-corrected chi connectivity index (χ0v) is 17.7. The minimum Gasteiger partial charge on any atom is -0.497 e. The quantitative estimate of drug-likeness (QED) is 0.453. The fourth-order valence-electron chi connectivity index (χ4n) is 4.25. The molecule has 1 saturated heterocycles. The number of anilines is 1. The predicted octanol–water partition coefficient (Wildman–Crippen LogP) is 5.01. The van der Waals surface area contributed by atoms with Gasteiger partial charge in [0.05, 0.1) is 24.6 Å². The molecule has 4 aromatic rings. The first-order valence-corrected chi connectivity index (χ1v) is 10.6. The van der Waals surface area contributed by atoms with Gasteiger partial charge >= 0.3 is 0 Å². The average Bonchev–Trinajstić information content (AvgIpc) is 3.19. The molecule has 3 heterocycles. The molecule has 0 unspecified atom stereocenters. The molecule has 0 spiro atoms.